The molecule has 0 radical (unpaired) electrons. The molecule has 2 nitrogen and oxygen atoms in total. The van der Waals surface area contributed by atoms with Crippen LogP contribution in [0.3, 0.4) is 0 Å². The van der Waals surface area contributed by atoms with E-state index in [0.29, 0.717) is 6.42 Å². The van der Waals surface area contributed by atoms with E-state index in [1.54, 1.807) is 0 Å². The summed E-state index contributed by atoms with van der Waals surface area (Å²) in [5, 5.41) is 1.15. The minimum Gasteiger partial charge on any atom is -0.294 e. The first kappa shape index (κ1) is 9.52. The molecule has 0 fully saturated rings. The topological polar surface area (TPSA) is 30.0 Å². The zero-order valence-electron chi connectivity index (χ0n) is 9.29. The number of aryl methyl sites for hydroxylation is 2. The number of carbonyl (C=O) groups is 1. The minimum atomic E-state index is 0.261. The molecular formula is C14H13NO. The molecule has 2 heteroatoms. The summed E-state index contributed by atoms with van der Waals surface area (Å²) in [6.45, 7) is 1.94. The zero-order chi connectivity index (χ0) is 11.1. The molecule has 2 aromatic rings. The van der Waals surface area contributed by atoms with Crippen molar-refractivity contribution in [3.8, 4) is 0 Å². The summed E-state index contributed by atoms with van der Waals surface area (Å²) in [5.74, 6) is 0.261. The van der Waals surface area contributed by atoms with Crippen molar-refractivity contribution >= 4 is 16.7 Å². The number of para-hydroxylation sites is 1. The van der Waals surface area contributed by atoms with Crippen molar-refractivity contribution in [2.45, 2.75) is 26.2 Å². The van der Waals surface area contributed by atoms with Crippen LogP contribution in [0.4, 0.5) is 0 Å². The number of nitrogens with zero attached hydrogens (tertiary/aromatic N) is 1. The van der Waals surface area contributed by atoms with E-state index in [4.69, 9.17) is 0 Å². The first-order chi connectivity index (χ1) is 7.77. The van der Waals surface area contributed by atoms with Gasteiger partial charge in [-0.25, -0.2) is 0 Å². The molecule has 16 heavy (non-hydrogen) atoms. The lowest BCUT2D eigenvalue weighted by molar-refractivity contribution is 0.0972. The van der Waals surface area contributed by atoms with E-state index in [1.807, 2.05) is 25.1 Å². The van der Waals surface area contributed by atoms with Gasteiger partial charge in [0.15, 0.2) is 5.78 Å². The van der Waals surface area contributed by atoms with Gasteiger partial charge in [-0.3, -0.25) is 9.78 Å². The van der Waals surface area contributed by atoms with Gasteiger partial charge in [0, 0.05) is 23.1 Å². The number of fused-ring (bicyclic) bond motifs is 3. The fourth-order valence-electron chi connectivity index (χ4n) is 2.60. The van der Waals surface area contributed by atoms with Crippen molar-refractivity contribution in [2.75, 3.05) is 0 Å². The number of benzene rings is 1. The monoisotopic (exact) mass is 211 g/mol. The Morgan fingerprint density at radius 2 is 2.00 bits per heavy atom. The van der Waals surface area contributed by atoms with Crippen molar-refractivity contribution in [2.24, 2.45) is 0 Å². The van der Waals surface area contributed by atoms with Crippen LogP contribution in [0.2, 0.25) is 0 Å². The first-order valence-electron chi connectivity index (χ1n) is 5.69. The quantitative estimate of drug-likeness (QED) is 0.670. The van der Waals surface area contributed by atoms with Crippen LogP contribution in [0.5, 0.6) is 0 Å². The number of carbonyl (C=O) groups excluding carboxylic acids is 1. The van der Waals surface area contributed by atoms with Gasteiger partial charge in [-0.15, -0.1) is 0 Å². The fraction of sp³-hybridized carbons (Fsp3) is 0.286. The summed E-state index contributed by atoms with van der Waals surface area (Å²) in [7, 11) is 0. The summed E-state index contributed by atoms with van der Waals surface area (Å²) in [6, 6.07) is 8.09. The van der Waals surface area contributed by atoms with Gasteiger partial charge in [-0.05, 0) is 31.4 Å². The van der Waals surface area contributed by atoms with E-state index in [-0.39, 0.29) is 5.78 Å². The Morgan fingerprint density at radius 1 is 1.19 bits per heavy atom. The second-order valence-corrected chi connectivity index (χ2v) is 4.34. The summed E-state index contributed by atoms with van der Waals surface area (Å²) in [4.78, 5) is 16.4. The molecule has 0 amide bonds. The molecule has 1 aromatic carbocycles. The van der Waals surface area contributed by atoms with E-state index < -0.39 is 0 Å². The van der Waals surface area contributed by atoms with E-state index in [1.165, 1.54) is 5.56 Å². The number of hydrogen-bond acceptors (Lipinski definition) is 2. The van der Waals surface area contributed by atoms with E-state index in [0.717, 1.165) is 35.0 Å². The normalized spacial score (nSPS) is 15.2. The minimum absolute atomic E-state index is 0.261. The molecule has 0 saturated heterocycles. The molecule has 0 atom stereocenters. The highest BCUT2D eigenvalue weighted by atomic mass is 16.1. The molecule has 1 aliphatic carbocycles. The Balaban J connectivity index is 2.43. The first-order valence-corrected chi connectivity index (χ1v) is 5.69. The lowest BCUT2D eigenvalue weighted by atomic mass is 9.87. The molecule has 0 unspecified atom stereocenters. The fourth-order valence-corrected chi connectivity index (χ4v) is 2.60. The highest BCUT2D eigenvalue weighted by molar-refractivity contribution is 6.03. The van der Waals surface area contributed by atoms with Crippen LogP contribution in [0, 0.1) is 6.92 Å². The van der Waals surface area contributed by atoms with Crippen LogP contribution < -0.4 is 0 Å². The lowest BCUT2D eigenvalue weighted by Crippen LogP contribution is -2.14. The summed E-state index contributed by atoms with van der Waals surface area (Å²) >= 11 is 0. The largest absolute Gasteiger partial charge is 0.294 e. The van der Waals surface area contributed by atoms with Gasteiger partial charge in [0.05, 0.1) is 5.52 Å². The Bertz CT molecular complexity index is 587. The van der Waals surface area contributed by atoms with Crippen molar-refractivity contribution in [1.29, 1.82) is 0 Å². The van der Waals surface area contributed by atoms with Gasteiger partial charge in [-0.1, -0.05) is 18.2 Å². The third kappa shape index (κ3) is 1.26. The van der Waals surface area contributed by atoms with Crippen molar-refractivity contribution < 1.29 is 4.79 Å². The average Bonchev–Trinajstić information content (AvgIpc) is 2.29. The Kier molecular flexibility index (Phi) is 2.03. The predicted molar refractivity (Wildman–Crippen MR) is 63.7 cm³/mol. The Morgan fingerprint density at radius 3 is 2.88 bits per heavy atom. The molecule has 1 heterocycles. The third-order valence-corrected chi connectivity index (χ3v) is 3.29. The van der Waals surface area contributed by atoms with E-state index in [2.05, 4.69) is 11.1 Å². The van der Waals surface area contributed by atoms with Gasteiger partial charge < -0.3 is 0 Å². The number of pyridine rings is 1. The summed E-state index contributed by atoms with van der Waals surface area (Å²) < 4.78 is 0. The molecule has 80 valence electrons. The van der Waals surface area contributed by atoms with Crippen LogP contribution in [0.1, 0.15) is 34.5 Å². The van der Waals surface area contributed by atoms with Crippen molar-refractivity contribution in [3.63, 3.8) is 0 Å². The summed E-state index contributed by atoms with van der Waals surface area (Å²) in [6.07, 6.45) is 2.65. The predicted octanol–water partition coefficient (Wildman–Crippen LogP) is 3.06. The standard InChI is InChI=1S/C14H13NO/c1-9-14-11(6-4-8-13(14)16)10-5-2-3-7-12(10)15-9/h2-3,5,7H,4,6,8H2,1H3. The second kappa shape index (κ2) is 3.41. The maximum absolute atomic E-state index is 11.9. The molecule has 0 aliphatic heterocycles. The maximum Gasteiger partial charge on any atom is 0.165 e. The molecule has 1 aromatic heterocycles. The van der Waals surface area contributed by atoms with Crippen LogP contribution in [0.15, 0.2) is 24.3 Å². The number of Topliss-reactive ketones (excluding diaryl/α,β-unsaturated/α-hetero) is 1. The number of ketones is 1. The molecule has 0 saturated carbocycles. The molecule has 0 N–H and O–H groups in total. The molecule has 0 bridgehead atoms. The van der Waals surface area contributed by atoms with Gasteiger partial charge in [0.1, 0.15) is 0 Å². The van der Waals surface area contributed by atoms with Crippen LogP contribution >= 0.6 is 0 Å². The van der Waals surface area contributed by atoms with E-state index in [9.17, 15) is 4.79 Å². The average molecular weight is 211 g/mol. The highest BCUT2D eigenvalue weighted by Gasteiger charge is 2.22. The number of hydrogen-bond donors (Lipinski definition) is 0. The maximum atomic E-state index is 11.9. The SMILES string of the molecule is Cc1nc2ccccc2c2c1C(=O)CCC2. The van der Waals surface area contributed by atoms with Crippen LogP contribution in [0.25, 0.3) is 10.9 Å². The number of aromatic nitrogens is 1. The van der Waals surface area contributed by atoms with Gasteiger partial charge in [0.25, 0.3) is 0 Å². The lowest BCUT2D eigenvalue weighted by Gasteiger charge is -2.18. The summed E-state index contributed by atoms with van der Waals surface area (Å²) in [5.41, 5.74) is 3.98. The molecular weight excluding hydrogens is 198 g/mol. The number of rotatable bonds is 0. The molecule has 3 rings (SSSR count). The molecule has 0 spiro atoms. The smallest absolute Gasteiger partial charge is 0.165 e. The van der Waals surface area contributed by atoms with Crippen LogP contribution in [-0.2, 0) is 6.42 Å². The van der Waals surface area contributed by atoms with Crippen molar-refractivity contribution in [3.05, 3.63) is 41.1 Å². The van der Waals surface area contributed by atoms with Gasteiger partial charge in [-0.2, -0.15) is 0 Å². The zero-order valence-corrected chi connectivity index (χ0v) is 9.29. The Labute approximate surface area is 94.3 Å². The van der Waals surface area contributed by atoms with Gasteiger partial charge >= 0.3 is 0 Å². The molecule has 1 aliphatic rings. The third-order valence-electron chi connectivity index (χ3n) is 3.29. The van der Waals surface area contributed by atoms with E-state index >= 15 is 0 Å². The van der Waals surface area contributed by atoms with Gasteiger partial charge in [0.2, 0.25) is 0 Å². The Hall–Kier alpha value is -1.70. The highest BCUT2D eigenvalue weighted by Crippen LogP contribution is 2.29. The van der Waals surface area contributed by atoms with Crippen molar-refractivity contribution in [1.82, 2.24) is 4.98 Å². The van der Waals surface area contributed by atoms with Crippen LogP contribution in [-0.4, -0.2) is 10.8 Å². The second-order valence-electron chi connectivity index (χ2n) is 4.34.